The van der Waals surface area contributed by atoms with Crippen molar-refractivity contribution in [3.05, 3.63) is 28.8 Å². The maximum absolute atomic E-state index is 11.8. The van der Waals surface area contributed by atoms with E-state index in [4.69, 9.17) is 21.4 Å². The molecule has 1 unspecified atom stereocenters. The Kier molecular flexibility index (Phi) is 3.84. The maximum Gasteiger partial charge on any atom is 0.335 e. The number of rotatable bonds is 3. The van der Waals surface area contributed by atoms with Crippen LogP contribution < -0.4 is 5.32 Å². The molecule has 0 saturated carbocycles. The van der Waals surface area contributed by atoms with Crippen molar-refractivity contribution < 1.29 is 19.4 Å². The summed E-state index contributed by atoms with van der Waals surface area (Å²) in [6, 6.07) is 4.22. The lowest BCUT2D eigenvalue weighted by atomic mass is 10.1. The number of halogens is 1. The third-order valence-electron chi connectivity index (χ3n) is 2.71. The lowest BCUT2D eigenvalue weighted by molar-refractivity contribution is -0.119. The molecule has 1 heterocycles. The zero-order valence-corrected chi connectivity index (χ0v) is 10.2. The Morgan fingerprint density at radius 1 is 1.39 bits per heavy atom. The fourth-order valence-electron chi connectivity index (χ4n) is 1.77. The summed E-state index contributed by atoms with van der Waals surface area (Å²) in [6.07, 6.45) is 0.679. The van der Waals surface area contributed by atoms with Gasteiger partial charge in [0, 0.05) is 17.3 Å². The van der Waals surface area contributed by atoms with Gasteiger partial charge in [0.2, 0.25) is 5.91 Å². The van der Waals surface area contributed by atoms with Crippen molar-refractivity contribution in [2.24, 2.45) is 5.92 Å². The SMILES string of the molecule is O=C(O)c1cc(Cl)cc(NC(=O)C2CCOC2)c1. The van der Waals surface area contributed by atoms with Gasteiger partial charge in [-0.1, -0.05) is 11.6 Å². The zero-order valence-electron chi connectivity index (χ0n) is 9.48. The molecule has 2 rings (SSSR count). The molecule has 2 N–H and O–H groups in total. The number of benzene rings is 1. The highest BCUT2D eigenvalue weighted by atomic mass is 35.5. The van der Waals surface area contributed by atoms with Gasteiger partial charge < -0.3 is 15.2 Å². The molecule has 1 saturated heterocycles. The summed E-state index contributed by atoms with van der Waals surface area (Å²) in [6.45, 7) is 0.978. The molecule has 1 amide bonds. The van der Waals surface area contributed by atoms with Gasteiger partial charge in [-0.3, -0.25) is 4.79 Å². The number of carbonyl (C=O) groups is 2. The molecule has 18 heavy (non-hydrogen) atoms. The average Bonchev–Trinajstić information content (AvgIpc) is 2.81. The average molecular weight is 270 g/mol. The Morgan fingerprint density at radius 3 is 2.78 bits per heavy atom. The lowest BCUT2D eigenvalue weighted by Crippen LogP contribution is -2.22. The first-order valence-corrected chi connectivity index (χ1v) is 5.86. The fraction of sp³-hybridized carbons (Fsp3) is 0.333. The van der Waals surface area contributed by atoms with Gasteiger partial charge in [0.25, 0.3) is 0 Å². The summed E-state index contributed by atoms with van der Waals surface area (Å²) in [7, 11) is 0. The van der Waals surface area contributed by atoms with Gasteiger partial charge in [-0.05, 0) is 24.6 Å². The Bertz CT molecular complexity index is 483. The number of carboxylic acid groups (broad SMARTS) is 1. The van der Waals surface area contributed by atoms with Crippen molar-refractivity contribution in [2.45, 2.75) is 6.42 Å². The molecule has 1 fully saturated rings. The van der Waals surface area contributed by atoms with Crippen LogP contribution in [0.1, 0.15) is 16.8 Å². The van der Waals surface area contributed by atoms with Gasteiger partial charge in [0.1, 0.15) is 0 Å². The molecule has 1 aromatic rings. The van der Waals surface area contributed by atoms with E-state index in [2.05, 4.69) is 5.32 Å². The van der Waals surface area contributed by atoms with Crippen LogP contribution in [0.15, 0.2) is 18.2 Å². The van der Waals surface area contributed by atoms with Gasteiger partial charge in [0.05, 0.1) is 18.1 Å². The molecule has 5 nitrogen and oxygen atoms in total. The summed E-state index contributed by atoms with van der Waals surface area (Å²) in [5.74, 6) is -1.44. The van der Waals surface area contributed by atoms with E-state index in [1.807, 2.05) is 0 Å². The topological polar surface area (TPSA) is 75.6 Å². The molecule has 1 aliphatic rings. The van der Waals surface area contributed by atoms with E-state index in [0.717, 1.165) is 0 Å². The van der Waals surface area contributed by atoms with Crippen molar-refractivity contribution >= 4 is 29.2 Å². The van der Waals surface area contributed by atoms with Gasteiger partial charge in [-0.15, -0.1) is 0 Å². The first-order chi connectivity index (χ1) is 8.56. The highest BCUT2D eigenvalue weighted by Gasteiger charge is 2.23. The number of hydrogen-bond donors (Lipinski definition) is 2. The largest absolute Gasteiger partial charge is 0.478 e. The van der Waals surface area contributed by atoms with Crippen LogP contribution >= 0.6 is 11.6 Å². The third-order valence-corrected chi connectivity index (χ3v) is 2.93. The molecular formula is C12H12ClNO4. The monoisotopic (exact) mass is 269 g/mol. The number of carboxylic acids is 1. The first kappa shape index (κ1) is 12.9. The number of ether oxygens (including phenoxy) is 1. The van der Waals surface area contributed by atoms with Gasteiger partial charge in [0.15, 0.2) is 0 Å². The van der Waals surface area contributed by atoms with E-state index < -0.39 is 5.97 Å². The van der Waals surface area contributed by atoms with E-state index in [1.165, 1.54) is 18.2 Å². The van der Waals surface area contributed by atoms with E-state index in [-0.39, 0.29) is 22.4 Å². The minimum atomic E-state index is -1.09. The Morgan fingerprint density at radius 2 is 2.17 bits per heavy atom. The number of aromatic carboxylic acids is 1. The number of nitrogens with one attached hydrogen (secondary N) is 1. The quantitative estimate of drug-likeness (QED) is 0.880. The molecule has 96 valence electrons. The molecule has 0 radical (unpaired) electrons. The van der Waals surface area contributed by atoms with E-state index in [0.29, 0.717) is 25.3 Å². The highest BCUT2D eigenvalue weighted by molar-refractivity contribution is 6.31. The molecule has 6 heteroatoms. The third kappa shape index (κ3) is 3.00. The van der Waals surface area contributed by atoms with Crippen LogP contribution in [0.5, 0.6) is 0 Å². The molecular weight excluding hydrogens is 258 g/mol. The second-order valence-electron chi connectivity index (χ2n) is 4.08. The van der Waals surface area contributed by atoms with Crippen LogP contribution in [-0.4, -0.2) is 30.2 Å². The van der Waals surface area contributed by atoms with Gasteiger partial charge >= 0.3 is 5.97 Å². The number of anilines is 1. The van der Waals surface area contributed by atoms with Crippen molar-refractivity contribution in [3.63, 3.8) is 0 Å². The summed E-state index contributed by atoms with van der Waals surface area (Å²) < 4.78 is 5.12. The molecule has 0 aliphatic carbocycles. The van der Waals surface area contributed by atoms with Gasteiger partial charge in [-0.25, -0.2) is 4.79 Å². The molecule has 1 aromatic carbocycles. The summed E-state index contributed by atoms with van der Waals surface area (Å²) in [4.78, 5) is 22.7. The predicted octanol–water partition coefficient (Wildman–Crippen LogP) is 2.01. The van der Waals surface area contributed by atoms with E-state index in [9.17, 15) is 9.59 Å². The fourth-order valence-corrected chi connectivity index (χ4v) is 2.01. The second kappa shape index (κ2) is 5.37. The van der Waals surface area contributed by atoms with Crippen molar-refractivity contribution in [2.75, 3.05) is 18.5 Å². The standard InChI is InChI=1S/C12H12ClNO4/c13-9-3-8(12(16)17)4-10(5-9)14-11(15)7-1-2-18-6-7/h3-5,7H,1-2,6H2,(H,14,15)(H,16,17). The van der Waals surface area contributed by atoms with Crippen LogP contribution in [0.3, 0.4) is 0 Å². The van der Waals surface area contributed by atoms with Crippen molar-refractivity contribution in [1.29, 1.82) is 0 Å². The number of hydrogen-bond acceptors (Lipinski definition) is 3. The van der Waals surface area contributed by atoms with E-state index in [1.54, 1.807) is 0 Å². The zero-order chi connectivity index (χ0) is 13.1. The van der Waals surface area contributed by atoms with Crippen LogP contribution in [0.4, 0.5) is 5.69 Å². The van der Waals surface area contributed by atoms with Crippen molar-refractivity contribution in [1.82, 2.24) is 0 Å². The van der Waals surface area contributed by atoms with E-state index >= 15 is 0 Å². The summed E-state index contributed by atoms with van der Waals surface area (Å²) in [5, 5.41) is 11.8. The molecule has 0 spiro atoms. The van der Waals surface area contributed by atoms with Crippen molar-refractivity contribution in [3.8, 4) is 0 Å². The first-order valence-electron chi connectivity index (χ1n) is 5.49. The predicted molar refractivity (Wildman–Crippen MR) is 66.0 cm³/mol. The summed E-state index contributed by atoms with van der Waals surface area (Å²) >= 11 is 5.80. The van der Waals surface area contributed by atoms with Crippen LogP contribution in [0.25, 0.3) is 0 Å². The van der Waals surface area contributed by atoms with Crippen LogP contribution in [-0.2, 0) is 9.53 Å². The normalized spacial score (nSPS) is 18.6. The van der Waals surface area contributed by atoms with Crippen LogP contribution in [0, 0.1) is 5.92 Å². The number of carbonyl (C=O) groups excluding carboxylic acids is 1. The Labute approximate surface area is 109 Å². The molecule has 0 bridgehead atoms. The smallest absolute Gasteiger partial charge is 0.335 e. The molecule has 1 atom stereocenters. The molecule has 0 aromatic heterocycles. The summed E-state index contributed by atoms with van der Waals surface area (Å²) in [5.41, 5.74) is 0.428. The van der Waals surface area contributed by atoms with Gasteiger partial charge in [-0.2, -0.15) is 0 Å². The minimum absolute atomic E-state index is 0.0421. The van der Waals surface area contributed by atoms with Crippen LogP contribution in [0.2, 0.25) is 5.02 Å². The lowest BCUT2D eigenvalue weighted by Gasteiger charge is -2.10. The highest BCUT2D eigenvalue weighted by Crippen LogP contribution is 2.21. The Hall–Kier alpha value is -1.59. The maximum atomic E-state index is 11.8. The Balaban J connectivity index is 2.13. The minimum Gasteiger partial charge on any atom is -0.478 e. The molecule has 1 aliphatic heterocycles. The second-order valence-corrected chi connectivity index (χ2v) is 4.52. The number of amides is 1.